The SMILES string of the molecule is C[C@@H](OC(=O)c1cccc(CC#N)c1)C1CC1. The molecule has 1 saturated carbocycles. The Balaban J connectivity index is 2.02. The van der Waals surface area contributed by atoms with Crippen LogP contribution in [-0.4, -0.2) is 12.1 Å². The van der Waals surface area contributed by atoms with Gasteiger partial charge in [0.2, 0.25) is 0 Å². The molecule has 17 heavy (non-hydrogen) atoms. The summed E-state index contributed by atoms with van der Waals surface area (Å²) in [6.45, 7) is 1.94. The third-order valence-corrected chi connectivity index (χ3v) is 3.02. The van der Waals surface area contributed by atoms with Crippen molar-refractivity contribution in [2.45, 2.75) is 32.3 Å². The Hall–Kier alpha value is -1.82. The lowest BCUT2D eigenvalue weighted by Gasteiger charge is -2.12. The maximum Gasteiger partial charge on any atom is 0.338 e. The van der Waals surface area contributed by atoms with Crippen LogP contribution in [0.4, 0.5) is 0 Å². The third-order valence-electron chi connectivity index (χ3n) is 3.02. The monoisotopic (exact) mass is 229 g/mol. The molecule has 0 saturated heterocycles. The molecule has 0 unspecified atom stereocenters. The molecule has 1 aromatic carbocycles. The molecule has 0 heterocycles. The summed E-state index contributed by atoms with van der Waals surface area (Å²) in [5.74, 6) is 0.255. The standard InChI is InChI=1S/C14H15NO2/c1-10(12-5-6-12)17-14(16)13-4-2-3-11(9-13)7-8-15/h2-4,9-10,12H,5-7H2,1H3/t10-/m1/s1. The molecule has 2 rings (SSSR count). The van der Waals surface area contributed by atoms with Crippen LogP contribution in [0.25, 0.3) is 0 Å². The largest absolute Gasteiger partial charge is 0.459 e. The molecule has 1 aliphatic rings. The predicted molar refractivity (Wildman–Crippen MR) is 63.4 cm³/mol. The second-order valence-electron chi connectivity index (χ2n) is 4.48. The molecule has 0 aromatic heterocycles. The van der Waals surface area contributed by atoms with E-state index < -0.39 is 0 Å². The predicted octanol–water partition coefficient (Wildman–Crippen LogP) is 2.71. The van der Waals surface area contributed by atoms with E-state index in [0.717, 1.165) is 18.4 Å². The summed E-state index contributed by atoms with van der Waals surface area (Å²) in [6, 6.07) is 9.14. The molecular formula is C14H15NO2. The fourth-order valence-corrected chi connectivity index (χ4v) is 1.80. The molecule has 3 nitrogen and oxygen atoms in total. The first-order valence-corrected chi connectivity index (χ1v) is 5.87. The molecule has 0 bridgehead atoms. The van der Waals surface area contributed by atoms with Crippen molar-refractivity contribution in [1.29, 1.82) is 5.26 Å². The number of ether oxygens (including phenoxy) is 1. The van der Waals surface area contributed by atoms with Gasteiger partial charge in [-0.05, 0) is 43.4 Å². The van der Waals surface area contributed by atoms with E-state index in [1.54, 1.807) is 18.2 Å². The molecule has 1 atom stereocenters. The zero-order valence-electron chi connectivity index (χ0n) is 9.85. The number of carbonyl (C=O) groups excluding carboxylic acids is 1. The third kappa shape index (κ3) is 3.07. The van der Waals surface area contributed by atoms with E-state index in [1.165, 1.54) is 0 Å². The molecule has 0 N–H and O–H groups in total. The Kier molecular flexibility index (Phi) is 3.43. The van der Waals surface area contributed by atoms with Crippen LogP contribution in [0, 0.1) is 17.2 Å². The van der Waals surface area contributed by atoms with Gasteiger partial charge in [0.15, 0.2) is 0 Å². The van der Waals surface area contributed by atoms with Gasteiger partial charge in [-0.15, -0.1) is 0 Å². The topological polar surface area (TPSA) is 50.1 Å². The molecule has 0 radical (unpaired) electrons. The van der Waals surface area contributed by atoms with Gasteiger partial charge in [0, 0.05) is 0 Å². The number of carbonyl (C=O) groups is 1. The van der Waals surface area contributed by atoms with Crippen molar-refractivity contribution in [3.05, 3.63) is 35.4 Å². The average Bonchev–Trinajstić information content (AvgIpc) is 3.13. The summed E-state index contributed by atoms with van der Waals surface area (Å²) < 4.78 is 5.37. The Morgan fingerprint density at radius 3 is 3.00 bits per heavy atom. The van der Waals surface area contributed by atoms with Gasteiger partial charge in [-0.2, -0.15) is 5.26 Å². The van der Waals surface area contributed by atoms with E-state index in [-0.39, 0.29) is 12.1 Å². The van der Waals surface area contributed by atoms with E-state index in [2.05, 4.69) is 6.07 Å². The lowest BCUT2D eigenvalue weighted by Crippen LogP contribution is -2.16. The lowest BCUT2D eigenvalue weighted by atomic mass is 10.1. The van der Waals surface area contributed by atoms with Crippen LogP contribution in [0.15, 0.2) is 24.3 Å². The molecule has 88 valence electrons. The van der Waals surface area contributed by atoms with Crippen molar-refractivity contribution in [3.63, 3.8) is 0 Å². The number of nitrogens with zero attached hydrogens (tertiary/aromatic N) is 1. The summed E-state index contributed by atoms with van der Waals surface area (Å²) in [6.07, 6.45) is 2.63. The van der Waals surface area contributed by atoms with Gasteiger partial charge in [0.1, 0.15) is 6.10 Å². The van der Waals surface area contributed by atoms with Crippen molar-refractivity contribution in [1.82, 2.24) is 0 Å². The summed E-state index contributed by atoms with van der Waals surface area (Å²) in [7, 11) is 0. The molecule has 1 aromatic rings. The van der Waals surface area contributed by atoms with Gasteiger partial charge >= 0.3 is 5.97 Å². The van der Waals surface area contributed by atoms with Gasteiger partial charge in [-0.3, -0.25) is 0 Å². The summed E-state index contributed by atoms with van der Waals surface area (Å²) in [5, 5.41) is 8.61. The second-order valence-corrected chi connectivity index (χ2v) is 4.48. The smallest absolute Gasteiger partial charge is 0.338 e. The number of hydrogen-bond donors (Lipinski definition) is 0. The van der Waals surface area contributed by atoms with E-state index in [4.69, 9.17) is 10.00 Å². The van der Waals surface area contributed by atoms with Crippen LogP contribution in [0.5, 0.6) is 0 Å². The number of benzene rings is 1. The first-order chi connectivity index (χ1) is 8.20. The fourth-order valence-electron chi connectivity index (χ4n) is 1.80. The lowest BCUT2D eigenvalue weighted by molar-refractivity contribution is 0.0294. The van der Waals surface area contributed by atoms with Crippen molar-refractivity contribution < 1.29 is 9.53 Å². The van der Waals surface area contributed by atoms with Gasteiger partial charge < -0.3 is 4.74 Å². The first kappa shape index (κ1) is 11.7. The highest BCUT2D eigenvalue weighted by Gasteiger charge is 2.30. The second kappa shape index (κ2) is 5.01. The molecular weight excluding hydrogens is 214 g/mol. The molecule has 3 heteroatoms. The zero-order chi connectivity index (χ0) is 12.3. The van der Waals surface area contributed by atoms with Gasteiger partial charge in [-0.1, -0.05) is 12.1 Å². The van der Waals surface area contributed by atoms with Gasteiger partial charge in [-0.25, -0.2) is 4.79 Å². The highest BCUT2D eigenvalue weighted by atomic mass is 16.5. The Labute approximate surface area is 101 Å². The molecule has 0 amide bonds. The zero-order valence-corrected chi connectivity index (χ0v) is 9.85. The first-order valence-electron chi connectivity index (χ1n) is 5.87. The van der Waals surface area contributed by atoms with E-state index in [9.17, 15) is 4.79 Å². The summed E-state index contributed by atoms with van der Waals surface area (Å²) >= 11 is 0. The van der Waals surface area contributed by atoms with Crippen LogP contribution >= 0.6 is 0 Å². The van der Waals surface area contributed by atoms with Crippen LogP contribution < -0.4 is 0 Å². The number of esters is 1. The number of hydrogen-bond acceptors (Lipinski definition) is 3. The Bertz CT molecular complexity index is 458. The minimum Gasteiger partial charge on any atom is -0.459 e. The van der Waals surface area contributed by atoms with E-state index in [0.29, 0.717) is 17.9 Å². The Morgan fingerprint density at radius 1 is 1.59 bits per heavy atom. The normalized spacial score (nSPS) is 16.0. The molecule has 1 fully saturated rings. The van der Waals surface area contributed by atoms with Crippen molar-refractivity contribution >= 4 is 5.97 Å². The van der Waals surface area contributed by atoms with Gasteiger partial charge in [0.05, 0.1) is 18.1 Å². The number of rotatable bonds is 4. The minimum absolute atomic E-state index is 0.00197. The summed E-state index contributed by atoms with van der Waals surface area (Å²) in [4.78, 5) is 11.8. The highest BCUT2D eigenvalue weighted by Crippen LogP contribution is 2.34. The van der Waals surface area contributed by atoms with Crippen molar-refractivity contribution in [2.24, 2.45) is 5.92 Å². The Morgan fingerprint density at radius 2 is 2.35 bits per heavy atom. The van der Waals surface area contributed by atoms with Crippen LogP contribution in [-0.2, 0) is 11.2 Å². The maximum atomic E-state index is 11.8. The highest BCUT2D eigenvalue weighted by molar-refractivity contribution is 5.89. The number of nitriles is 1. The van der Waals surface area contributed by atoms with Gasteiger partial charge in [0.25, 0.3) is 0 Å². The van der Waals surface area contributed by atoms with Crippen LogP contribution in [0.1, 0.15) is 35.7 Å². The average molecular weight is 229 g/mol. The quantitative estimate of drug-likeness (QED) is 0.746. The molecule has 0 spiro atoms. The minimum atomic E-state index is -0.288. The molecule has 0 aliphatic heterocycles. The van der Waals surface area contributed by atoms with Crippen LogP contribution in [0.2, 0.25) is 0 Å². The van der Waals surface area contributed by atoms with E-state index in [1.807, 2.05) is 13.0 Å². The maximum absolute atomic E-state index is 11.8. The molecule has 1 aliphatic carbocycles. The van der Waals surface area contributed by atoms with Crippen LogP contribution in [0.3, 0.4) is 0 Å². The van der Waals surface area contributed by atoms with Crippen molar-refractivity contribution in [2.75, 3.05) is 0 Å². The van der Waals surface area contributed by atoms with Crippen molar-refractivity contribution in [3.8, 4) is 6.07 Å². The van der Waals surface area contributed by atoms with E-state index >= 15 is 0 Å². The summed E-state index contributed by atoms with van der Waals surface area (Å²) in [5.41, 5.74) is 1.38. The fraction of sp³-hybridized carbons (Fsp3) is 0.429.